The number of amides is 1. The minimum absolute atomic E-state index is 0.0366. The fourth-order valence-corrected chi connectivity index (χ4v) is 1.12. The van der Waals surface area contributed by atoms with Crippen LogP contribution in [0.3, 0.4) is 0 Å². The van der Waals surface area contributed by atoms with Gasteiger partial charge in [0.2, 0.25) is 0 Å². The van der Waals surface area contributed by atoms with Gasteiger partial charge in [0.1, 0.15) is 0 Å². The molecule has 0 unspecified atom stereocenters. The van der Waals surface area contributed by atoms with Gasteiger partial charge in [-0.15, -0.1) is 0 Å². The van der Waals surface area contributed by atoms with Crippen LogP contribution < -0.4 is 5.32 Å². The number of hydrogen-bond acceptors (Lipinski definition) is 3. The normalized spacial score (nSPS) is 9.56. The second-order valence-corrected chi connectivity index (χ2v) is 3.11. The molecule has 0 aliphatic heterocycles. The Hall–Kier alpha value is -2.37. The molecule has 6 nitrogen and oxygen atoms in total. The zero-order valence-corrected chi connectivity index (χ0v) is 8.35. The number of hydrogen-bond donors (Lipinski definition) is 3. The van der Waals surface area contributed by atoms with E-state index in [1.54, 1.807) is 13.0 Å². The van der Waals surface area contributed by atoms with Crippen LogP contribution in [0.25, 0.3) is 0 Å². The van der Waals surface area contributed by atoms with Crippen LogP contribution in [0, 0.1) is 6.92 Å². The molecule has 3 N–H and O–H groups in total. The first-order chi connectivity index (χ1) is 7.41. The van der Waals surface area contributed by atoms with Crippen molar-refractivity contribution < 1.29 is 24.6 Å². The molecule has 0 aliphatic rings. The summed E-state index contributed by atoms with van der Waals surface area (Å²) in [5.74, 6) is -4.17. The number of carbonyl (C=O) groups excluding carboxylic acids is 1. The number of carboxylic acid groups (broad SMARTS) is 2. The molecule has 0 spiro atoms. The van der Waals surface area contributed by atoms with Gasteiger partial charge in [0.25, 0.3) is 0 Å². The van der Waals surface area contributed by atoms with Crippen molar-refractivity contribution in [2.75, 3.05) is 5.32 Å². The monoisotopic (exact) mass is 223 g/mol. The molecule has 0 saturated heterocycles. The Kier molecular flexibility index (Phi) is 3.24. The minimum Gasteiger partial charge on any atom is -0.478 e. The van der Waals surface area contributed by atoms with Gasteiger partial charge in [-0.1, -0.05) is 11.6 Å². The van der Waals surface area contributed by atoms with Crippen molar-refractivity contribution in [3.63, 3.8) is 0 Å². The van der Waals surface area contributed by atoms with Crippen LogP contribution in [0.2, 0.25) is 0 Å². The lowest BCUT2D eigenvalue weighted by Gasteiger charge is -2.06. The molecule has 1 rings (SSSR count). The standard InChI is InChI=1S/C10H9NO5/c1-5-2-3-7(6(4-5)9(13)14)11-8(12)10(15)16/h2-4H,1H3,(H,11,12)(H,13,14)(H,15,16). The summed E-state index contributed by atoms with van der Waals surface area (Å²) in [5.41, 5.74) is 0.519. The van der Waals surface area contributed by atoms with Crippen molar-refractivity contribution in [3.8, 4) is 0 Å². The predicted octanol–water partition coefficient (Wildman–Crippen LogP) is 0.716. The fourth-order valence-electron chi connectivity index (χ4n) is 1.12. The fraction of sp³-hybridized carbons (Fsp3) is 0.100. The molecule has 0 bridgehead atoms. The molecule has 0 aliphatic carbocycles. The SMILES string of the molecule is Cc1ccc(NC(=O)C(=O)O)c(C(=O)O)c1. The third kappa shape index (κ3) is 2.57. The molecule has 16 heavy (non-hydrogen) atoms. The second kappa shape index (κ2) is 4.43. The number of aromatic carboxylic acids is 1. The van der Waals surface area contributed by atoms with Crippen LogP contribution in [0.1, 0.15) is 15.9 Å². The number of carbonyl (C=O) groups is 3. The van der Waals surface area contributed by atoms with E-state index in [9.17, 15) is 14.4 Å². The minimum atomic E-state index is -1.67. The van der Waals surface area contributed by atoms with Crippen molar-refractivity contribution in [1.29, 1.82) is 0 Å². The highest BCUT2D eigenvalue weighted by Gasteiger charge is 2.16. The second-order valence-electron chi connectivity index (χ2n) is 3.11. The Labute approximate surface area is 90.5 Å². The molecule has 0 radical (unpaired) electrons. The largest absolute Gasteiger partial charge is 0.478 e. The van der Waals surface area contributed by atoms with Gasteiger partial charge in [0, 0.05) is 0 Å². The van der Waals surface area contributed by atoms with Gasteiger partial charge in [-0.2, -0.15) is 0 Å². The molecular formula is C10H9NO5. The lowest BCUT2D eigenvalue weighted by molar-refractivity contribution is -0.147. The van der Waals surface area contributed by atoms with Crippen LogP contribution in [0.5, 0.6) is 0 Å². The topological polar surface area (TPSA) is 104 Å². The number of benzene rings is 1. The van der Waals surface area contributed by atoms with Gasteiger partial charge in [-0.3, -0.25) is 4.79 Å². The van der Waals surface area contributed by atoms with Gasteiger partial charge in [-0.05, 0) is 19.1 Å². The quantitative estimate of drug-likeness (QED) is 0.641. The van der Waals surface area contributed by atoms with E-state index >= 15 is 0 Å². The van der Waals surface area contributed by atoms with Gasteiger partial charge in [0.15, 0.2) is 0 Å². The highest BCUT2D eigenvalue weighted by Crippen LogP contribution is 2.17. The van der Waals surface area contributed by atoms with Crippen LogP contribution in [-0.4, -0.2) is 28.1 Å². The molecule has 0 fully saturated rings. The van der Waals surface area contributed by atoms with E-state index in [0.717, 1.165) is 0 Å². The van der Waals surface area contributed by atoms with E-state index in [4.69, 9.17) is 10.2 Å². The van der Waals surface area contributed by atoms with Crippen molar-refractivity contribution in [3.05, 3.63) is 29.3 Å². The molecule has 0 saturated carbocycles. The highest BCUT2D eigenvalue weighted by atomic mass is 16.4. The van der Waals surface area contributed by atoms with Crippen LogP contribution >= 0.6 is 0 Å². The molecule has 0 heterocycles. The maximum Gasteiger partial charge on any atom is 0.394 e. The zero-order valence-electron chi connectivity index (χ0n) is 8.35. The van der Waals surface area contributed by atoms with Gasteiger partial charge in [0.05, 0.1) is 11.3 Å². The molecule has 0 aromatic heterocycles. The first kappa shape index (κ1) is 11.7. The van der Waals surface area contributed by atoms with E-state index < -0.39 is 17.8 Å². The molecule has 84 valence electrons. The van der Waals surface area contributed by atoms with E-state index in [1.165, 1.54) is 12.1 Å². The Morgan fingerprint density at radius 2 is 1.81 bits per heavy atom. The average molecular weight is 223 g/mol. The summed E-state index contributed by atoms with van der Waals surface area (Å²) in [6, 6.07) is 4.27. The summed E-state index contributed by atoms with van der Waals surface area (Å²) in [6.45, 7) is 1.69. The average Bonchev–Trinajstić information content (AvgIpc) is 2.20. The molecular weight excluding hydrogens is 214 g/mol. The molecule has 6 heteroatoms. The smallest absolute Gasteiger partial charge is 0.394 e. The molecule has 1 aromatic rings. The third-order valence-electron chi connectivity index (χ3n) is 1.85. The molecule has 0 atom stereocenters. The zero-order chi connectivity index (χ0) is 12.3. The predicted molar refractivity (Wildman–Crippen MR) is 54.4 cm³/mol. The van der Waals surface area contributed by atoms with E-state index in [2.05, 4.69) is 0 Å². The number of nitrogens with one attached hydrogen (secondary N) is 1. The lowest BCUT2D eigenvalue weighted by Crippen LogP contribution is -2.23. The first-order valence-corrected chi connectivity index (χ1v) is 4.30. The summed E-state index contributed by atoms with van der Waals surface area (Å²) in [6.07, 6.45) is 0. The van der Waals surface area contributed by atoms with E-state index in [1.807, 2.05) is 5.32 Å². The van der Waals surface area contributed by atoms with Crippen LogP contribution in [0.15, 0.2) is 18.2 Å². The summed E-state index contributed by atoms with van der Waals surface area (Å²) in [7, 11) is 0. The maximum absolute atomic E-state index is 10.9. The van der Waals surface area contributed by atoms with Gasteiger partial charge < -0.3 is 15.5 Å². The lowest BCUT2D eigenvalue weighted by atomic mass is 10.1. The number of aliphatic carboxylic acids is 1. The third-order valence-corrected chi connectivity index (χ3v) is 1.85. The Morgan fingerprint density at radius 3 is 2.31 bits per heavy atom. The summed E-state index contributed by atoms with van der Waals surface area (Å²) in [4.78, 5) is 32.0. The van der Waals surface area contributed by atoms with Gasteiger partial charge >= 0.3 is 17.8 Å². The van der Waals surface area contributed by atoms with E-state index in [0.29, 0.717) is 5.56 Å². The number of aryl methyl sites for hydroxylation is 1. The molecule has 1 amide bonds. The van der Waals surface area contributed by atoms with Crippen molar-refractivity contribution in [2.24, 2.45) is 0 Å². The van der Waals surface area contributed by atoms with Crippen molar-refractivity contribution >= 4 is 23.5 Å². The first-order valence-electron chi connectivity index (χ1n) is 4.30. The number of carboxylic acids is 2. The summed E-state index contributed by atoms with van der Waals surface area (Å²) < 4.78 is 0. The Bertz CT molecular complexity index is 466. The van der Waals surface area contributed by atoms with Crippen molar-refractivity contribution in [1.82, 2.24) is 0 Å². The number of anilines is 1. The van der Waals surface area contributed by atoms with Crippen molar-refractivity contribution in [2.45, 2.75) is 6.92 Å². The summed E-state index contributed by atoms with van der Waals surface area (Å²) in [5, 5.41) is 19.2. The maximum atomic E-state index is 10.9. The number of rotatable bonds is 2. The highest BCUT2D eigenvalue weighted by molar-refractivity contribution is 6.36. The van der Waals surface area contributed by atoms with Crippen LogP contribution in [-0.2, 0) is 9.59 Å². The van der Waals surface area contributed by atoms with E-state index in [-0.39, 0.29) is 11.3 Å². The Morgan fingerprint density at radius 1 is 1.19 bits per heavy atom. The van der Waals surface area contributed by atoms with Crippen LogP contribution in [0.4, 0.5) is 5.69 Å². The summed E-state index contributed by atoms with van der Waals surface area (Å²) >= 11 is 0. The molecule has 1 aromatic carbocycles. The van der Waals surface area contributed by atoms with Gasteiger partial charge in [-0.25, -0.2) is 9.59 Å². The Balaban J connectivity index is 3.09.